The fourth-order valence-corrected chi connectivity index (χ4v) is 4.27. The molecule has 0 saturated heterocycles. The molecule has 1 aromatic carbocycles. The normalized spacial score (nSPS) is 15.1. The lowest BCUT2D eigenvalue weighted by molar-refractivity contribution is 1.42. The largest absolute Gasteiger partial charge is 0.0680 e. The van der Waals surface area contributed by atoms with Crippen LogP contribution in [-0.2, 0) is 0 Å². The summed E-state index contributed by atoms with van der Waals surface area (Å²) in [5.74, 6) is 0. The van der Waals surface area contributed by atoms with Crippen molar-refractivity contribution in [2.45, 2.75) is 39.0 Å². The van der Waals surface area contributed by atoms with Gasteiger partial charge in [0.2, 0.25) is 0 Å². The molecule has 1 aromatic rings. The molecule has 0 fully saturated rings. The average molecular weight is 222 g/mol. The van der Waals surface area contributed by atoms with Crippen LogP contribution in [0, 0.1) is 0 Å². The maximum Gasteiger partial charge on any atom is 0.0675 e. The van der Waals surface area contributed by atoms with Crippen LogP contribution in [0.4, 0.5) is 0 Å². The first-order chi connectivity index (χ1) is 6.69. The van der Waals surface area contributed by atoms with Crippen LogP contribution < -0.4 is 10.4 Å². The van der Waals surface area contributed by atoms with Crippen LogP contribution in [0.3, 0.4) is 0 Å². The van der Waals surface area contributed by atoms with Gasteiger partial charge in [0.15, 0.2) is 0 Å². The first-order valence-corrected chi connectivity index (χ1v) is 10.9. The summed E-state index contributed by atoms with van der Waals surface area (Å²) in [5.41, 5.74) is 0. The Hall–Kier alpha value is -0.346. The summed E-state index contributed by atoms with van der Waals surface area (Å²) in [4.78, 5) is 0. The fourth-order valence-electron chi connectivity index (χ4n) is 1.62. The maximum atomic E-state index is 2.44. The van der Waals surface area contributed by atoms with Crippen LogP contribution in [0.5, 0.6) is 0 Å². The summed E-state index contributed by atoms with van der Waals surface area (Å²) in [6.45, 7) is 9.51. The number of rotatable bonds is 4. The van der Waals surface area contributed by atoms with Gasteiger partial charge in [0.05, 0.1) is 17.6 Å². The lowest BCUT2D eigenvalue weighted by Gasteiger charge is -2.11. The standard InChI is InChI=1S/C12H22Si2/c1-5-13(3)11-7-9-12(10-8-11)14(4)6-2/h7-10,13-14H,5-6H2,1-4H3. The van der Waals surface area contributed by atoms with Gasteiger partial charge in [-0.1, -0.05) is 73.7 Å². The van der Waals surface area contributed by atoms with Gasteiger partial charge < -0.3 is 0 Å². The minimum atomic E-state index is -0.585. The van der Waals surface area contributed by atoms with E-state index < -0.39 is 17.6 Å². The summed E-state index contributed by atoms with van der Waals surface area (Å²) in [6.07, 6.45) is 0. The zero-order chi connectivity index (χ0) is 10.6. The number of hydrogen-bond acceptors (Lipinski definition) is 0. The van der Waals surface area contributed by atoms with Gasteiger partial charge in [0, 0.05) is 0 Å². The molecule has 0 aliphatic carbocycles. The van der Waals surface area contributed by atoms with Crippen LogP contribution >= 0.6 is 0 Å². The maximum absolute atomic E-state index is 2.44. The summed E-state index contributed by atoms with van der Waals surface area (Å²) in [7, 11) is -1.17. The second-order valence-electron chi connectivity index (χ2n) is 4.29. The fraction of sp³-hybridized carbons (Fsp3) is 0.500. The SMILES string of the molecule is CC[SiH](C)c1ccc([SiH](C)CC)cc1. The molecule has 1 rings (SSSR count). The molecule has 0 radical (unpaired) electrons. The van der Waals surface area contributed by atoms with Crippen LogP contribution in [0.1, 0.15) is 13.8 Å². The molecule has 0 heterocycles. The summed E-state index contributed by atoms with van der Waals surface area (Å²) in [5, 5.41) is 3.27. The van der Waals surface area contributed by atoms with E-state index in [0.29, 0.717) is 0 Å². The Bertz CT molecular complexity index is 237. The molecule has 0 nitrogen and oxygen atoms in total. The Balaban J connectivity index is 2.78. The Labute approximate surface area is 91.6 Å². The van der Waals surface area contributed by atoms with Crippen molar-refractivity contribution in [1.82, 2.24) is 0 Å². The number of hydrogen-bond donors (Lipinski definition) is 0. The highest BCUT2D eigenvalue weighted by molar-refractivity contribution is 6.73. The second kappa shape index (κ2) is 5.51. The zero-order valence-electron chi connectivity index (χ0n) is 9.88. The summed E-state index contributed by atoms with van der Waals surface area (Å²) in [6, 6.07) is 12.3. The Kier molecular flexibility index (Phi) is 4.62. The van der Waals surface area contributed by atoms with Gasteiger partial charge in [0.1, 0.15) is 0 Å². The molecule has 14 heavy (non-hydrogen) atoms. The quantitative estimate of drug-likeness (QED) is 0.682. The average Bonchev–Trinajstić information content (AvgIpc) is 2.27. The predicted molar refractivity (Wildman–Crippen MR) is 72.7 cm³/mol. The van der Waals surface area contributed by atoms with Crippen molar-refractivity contribution in [1.29, 1.82) is 0 Å². The minimum Gasteiger partial charge on any atom is -0.0680 e. The van der Waals surface area contributed by atoms with Crippen molar-refractivity contribution >= 4 is 28.0 Å². The van der Waals surface area contributed by atoms with Gasteiger partial charge in [-0.2, -0.15) is 0 Å². The molecule has 78 valence electrons. The molecular weight excluding hydrogens is 200 g/mol. The van der Waals surface area contributed by atoms with Crippen LogP contribution in [-0.4, -0.2) is 17.6 Å². The molecule has 0 saturated carbocycles. The molecule has 2 unspecified atom stereocenters. The van der Waals surface area contributed by atoms with E-state index in [4.69, 9.17) is 0 Å². The Morgan fingerprint density at radius 3 is 1.29 bits per heavy atom. The van der Waals surface area contributed by atoms with E-state index >= 15 is 0 Å². The van der Waals surface area contributed by atoms with Gasteiger partial charge >= 0.3 is 0 Å². The Morgan fingerprint density at radius 1 is 0.786 bits per heavy atom. The topological polar surface area (TPSA) is 0 Å². The van der Waals surface area contributed by atoms with E-state index in [1.165, 1.54) is 12.1 Å². The minimum absolute atomic E-state index is 0.585. The highest BCUT2D eigenvalue weighted by Crippen LogP contribution is 1.96. The summed E-state index contributed by atoms with van der Waals surface area (Å²) >= 11 is 0. The van der Waals surface area contributed by atoms with Crippen molar-refractivity contribution < 1.29 is 0 Å². The third kappa shape index (κ3) is 2.82. The third-order valence-electron chi connectivity index (χ3n) is 3.30. The van der Waals surface area contributed by atoms with Crippen LogP contribution in [0.15, 0.2) is 24.3 Å². The van der Waals surface area contributed by atoms with E-state index in [1.54, 1.807) is 10.4 Å². The van der Waals surface area contributed by atoms with E-state index in [1.807, 2.05) is 0 Å². The molecule has 0 aliphatic heterocycles. The summed E-state index contributed by atoms with van der Waals surface area (Å²) < 4.78 is 0. The smallest absolute Gasteiger partial charge is 0.0675 e. The van der Waals surface area contributed by atoms with Crippen LogP contribution in [0.2, 0.25) is 25.2 Å². The van der Waals surface area contributed by atoms with Crippen molar-refractivity contribution in [2.24, 2.45) is 0 Å². The second-order valence-corrected chi connectivity index (χ2v) is 10.9. The van der Waals surface area contributed by atoms with E-state index in [9.17, 15) is 0 Å². The van der Waals surface area contributed by atoms with E-state index in [-0.39, 0.29) is 0 Å². The molecule has 0 bridgehead atoms. The van der Waals surface area contributed by atoms with Gasteiger partial charge in [-0.3, -0.25) is 0 Å². The molecule has 0 aromatic heterocycles. The highest BCUT2D eigenvalue weighted by Gasteiger charge is 2.07. The first-order valence-electron chi connectivity index (χ1n) is 5.78. The van der Waals surface area contributed by atoms with Gasteiger partial charge in [-0.25, -0.2) is 0 Å². The molecule has 0 amide bonds. The number of benzene rings is 1. The zero-order valence-corrected chi connectivity index (χ0v) is 12.2. The molecule has 0 spiro atoms. The lowest BCUT2D eigenvalue weighted by atomic mass is 10.4. The van der Waals surface area contributed by atoms with E-state index in [0.717, 1.165) is 0 Å². The van der Waals surface area contributed by atoms with Gasteiger partial charge in [-0.05, 0) is 0 Å². The first kappa shape index (κ1) is 11.7. The van der Waals surface area contributed by atoms with Crippen LogP contribution in [0.25, 0.3) is 0 Å². The van der Waals surface area contributed by atoms with Crippen molar-refractivity contribution in [2.75, 3.05) is 0 Å². The molecule has 0 aliphatic rings. The Morgan fingerprint density at radius 2 is 1.07 bits per heavy atom. The molecule has 2 heteroatoms. The monoisotopic (exact) mass is 222 g/mol. The van der Waals surface area contributed by atoms with Gasteiger partial charge in [-0.15, -0.1) is 0 Å². The van der Waals surface area contributed by atoms with Gasteiger partial charge in [0.25, 0.3) is 0 Å². The van der Waals surface area contributed by atoms with Crippen molar-refractivity contribution in [3.05, 3.63) is 24.3 Å². The van der Waals surface area contributed by atoms with Crippen molar-refractivity contribution in [3.63, 3.8) is 0 Å². The predicted octanol–water partition coefficient (Wildman–Crippen LogP) is 1.85. The van der Waals surface area contributed by atoms with E-state index in [2.05, 4.69) is 51.2 Å². The molecule has 0 N–H and O–H groups in total. The van der Waals surface area contributed by atoms with Crippen molar-refractivity contribution in [3.8, 4) is 0 Å². The highest BCUT2D eigenvalue weighted by atomic mass is 28.3. The molecular formula is C12H22Si2. The molecule has 2 atom stereocenters. The third-order valence-corrected chi connectivity index (χ3v) is 8.79. The lowest BCUT2D eigenvalue weighted by Crippen LogP contribution is -2.30.